The Bertz CT molecular complexity index is 471. The number of benzene rings is 1. The Kier molecular flexibility index (Phi) is 7.06. The topological polar surface area (TPSA) is 58.6 Å². The minimum absolute atomic E-state index is 0.112. The minimum atomic E-state index is -0.606. The molecule has 3 atom stereocenters. The molecule has 1 aliphatic rings. The molecule has 1 amide bonds. The van der Waals surface area contributed by atoms with Crippen LogP contribution >= 0.6 is 0 Å². The van der Waals surface area contributed by atoms with Gasteiger partial charge >= 0.3 is 0 Å². The summed E-state index contributed by atoms with van der Waals surface area (Å²) in [6.45, 7) is 3.80. The molecular weight excluding hydrogens is 290 g/mol. The molecule has 0 aliphatic heterocycles. The van der Waals surface area contributed by atoms with Gasteiger partial charge in [0.15, 0.2) is 0 Å². The maximum Gasteiger partial charge on any atom is 0.249 e. The molecule has 1 aromatic carbocycles. The highest BCUT2D eigenvalue weighted by Gasteiger charge is 2.26. The Labute approximate surface area is 139 Å². The first kappa shape index (κ1) is 18.0. The Balaban J connectivity index is 1.81. The fourth-order valence-corrected chi connectivity index (χ4v) is 3.05. The molecule has 1 saturated carbocycles. The molecule has 3 unspecified atom stereocenters. The minimum Gasteiger partial charge on any atom is -0.391 e. The number of aliphatic hydroxyl groups is 1. The normalized spacial score (nSPS) is 19.3. The zero-order chi connectivity index (χ0) is 16.7. The van der Waals surface area contributed by atoms with Crippen LogP contribution in [0.15, 0.2) is 30.3 Å². The van der Waals surface area contributed by atoms with E-state index >= 15 is 0 Å². The molecule has 2 N–H and O–H groups in total. The van der Waals surface area contributed by atoms with Crippen molar-refractivity contribution in [1.82, 2.24) is 5.32 Å². The van der Waals surface area contributed by atoms with Crippen molar-refractivity contribution in [2.24, 2.45) is 0 Å². The summed E-state index contributed by atoms with van der Waals surface area (Å²) < 4.78 is 5.93. The van der Waals surface area contributed by atoms with E-state index in [1.54, 1.807) is 0 Å². The molecule has 0 radical (unpaired) electrons. The van der Waals surface area contributed by atoms with Crippen molar-refractivity contribution in [1.29, 1.82) is 0 Å². The lowest BCUT2D eigenvalue weighted by Crippen LogP contribution is -2.47. The largest absolute Gasteiger partial charge is 0.391 e. The highest BCUT2D eigenvalue weighted by atomic mass is 16.5. The molecule has 1 aromatic rings. The average molecular weight is 319 g/mol. The van der Waals surface area contributed by atoms with E-state index in [1.807, 2.05) is 44.2 Å². The number of hydrogen-bond donors (Lipinski definition) is 2. The Morgan fingerprint density at radius 1 is 1.30 bits per heavy atom. The lowest BCUT2D eigenvalue weighted by Gasteiger charge is -2.25. The number of hydrogen-bond acceptors (Lipinski definition) is 3. The van der Waals surface area contributed by atoms with Gasteiger partial charge in [-0.3, -0.25) is 4.79 Å². The van der Waals surface area contributed by atoms with Gasteiger partial charge in [-0.25, -0.2) is 0 Å². The first-order valence-electron chi connectivity index (χ1n) is 8.78. The third-order valence-electron chi connectivity index (χ3n) is 4.56. The second kappa shape index (κ2) is 9.04. The summed E-state index contributed by atoms with van der Waals surface area (Å²) in [6.07, 6.45) is 4.87. The molecule has 2 rings (SSSR count). The van der Waals surface area contributed by atoms with Crippen LogP contribution in [0.1, 0.15) is 51.5 Å². The second-order valence-electron chi connectivity index (χ2n) is 6.49. The molecule has 23 heavy (non-hydrogen) atoms. The maximum absolute atomic E-state index is 12.4. The number of amides is 1. The maximum atomic E-state index is 12.4. The molecule has 1 aliphatic carbocycles. The van der Waals surface area contributed by atoms with Crippen molar-refractivity contribution >= 4 is 5.91 Å². The standard InChI is InChI=1S/C19H29NO3/c1-3-18(23-16-11-7-8-12-16)19(22)20-14(2)17(21)13-15-9-5-4-6-10-15/h4-6,9-10,14,16-18,21H,3,7-8,11-13H2,1-2H3,(H,20,22). The smallest absolute Gasteiger partial charge is 0.249 e. The second-order valence-corrected chi connectivity index (χ2v) is 6.49. The van der Waals surface area contributed by atoms with Crippen molar-refractivity contribution in [2.45, 2.75) is 76.7 Å². The Morgan fingerprint density at radius 2 is 1.96 bits per heavy atom. The molecule has 1 fully saturated rings. The molecule has 0 aromatic heterocycles. The summed E-state index contributed by atoms with van der Waals surface area (Å²) in [4.78, 5) is 12.4. The van der Waals surface area contributed by atoms with Crippen molar-refractivity contribution < 1.29 is 14.6 Å². The van der Waals surface area contributed by atoms with Crippen LogP contribution < -0.4 is 5.32 Å². The van der Waals surface area contributed by atoms with Gasteiger partial charge in [0.05, 0.1) is 18.2 Å². The van der Waals surface area contributed by atoms with Crippen LogP contribution in [0, 0.1) is 0 Å². The van der Waals surface area contributed by atoms with Crippen LogP contribution in [0.2, 0.25) is 0 Å². The molecule has 0 saturated heterocycles. The summed E-state index contributed by atoms with van der Waals surface area (Å²) in [5.41, 5.74) is 1.07. The number of carbonyl (C=O) groups is 1. The van der Waals surface area contributed by atoms with E-state index in [2.05, 4.69) is 5.32 Å². The van der Waals surface area contributed by atoms with Gasteiger partial charge in [-0.2, -0.15) is 0 Å². The predicted molar refractivity (Wildman–Crippen MR) is 91.2 cm³/mol. The van der Waals surface area contributed by atoms with Crippen molar-refractivity contribution in [3.05, 3.63) is 35.9 Å². The van der Waals surface area contributed by atoms with Gasteiger partial charge in [-0.15, -0.1) is 0 Å². The number of rotatable bonds is 8. The van der Waals surface area contributed by atoms with E-state index in [1.165, 1.54) is 12.8 Å². The lowest BCUT2D eigenvalue weighted by molar-refractivity contribution is -0.138. The van der Waals surface area contributed by atoms with Gasteiger partial charge in [-0.1, -0.05) is 50.1 Å². The van der Waals surface area contributed by atoms with Gasteiger partial charge in [-0.05, 0) is 31.7 Å². The molecule has 0 spiro atoms. The van der Waals surface area contributed by atoms with Gasteiger partial charge < -0.3 is 15.2 Å². The van der Waals surface area contributed by atoms with E-state index in [0.29, 0.717) is 12.8 Å². The van der Waals surface area contributed by atoms with E-state index in [4.69, 9.17) is 4.74 Å². The third kappa shape index (κ3) is 5.63. The lowest BCUT2D eigenvalue weighted by atomic mass is 10.0. The van der Waals surface area contributed by atoms with Crippen LogP contribution in [-0.4, -0.2) is 35.4 Å². The molecule has 4 heteroatoms. The average Bonchev–Trinajstić information content (AvgIpc) is 3.06. The monoisotopic (exact) mass is 319 g/mol. The number of nitrogens with one attached hydrogen (secondary N) is 1. The van der Waals surface area contributed by atoms with Crippen LogP contribution in [-0.2, 0) is 16.0 Å². The van der Waals surface area contributed by atoms with Crippen molar-refractivity contribution in [2.75, 3.05) is 0 Å². The fourth-order valence-electron chi connectivity index (χ4n) is 3.05. The first-order chi connectivity index (χ1) is 11.1. The summed E-state index contributed by atoms with van der Waals surface area (Å²) in [6, 6.07) is 9.52. The molecular formula is C19H29NO3. The van der Waals surface area contributed by atoms with E-state index in [-0.39, 0.29) is 18.1 Å². The van der Waals surface area contributed by atoms with Gasteiger partial charge in [0.2, 0.25) is 5.91 Å². The Hall–Kier alpha value is -1.39. The molecule has 0 bridgehead atoms. The SMILES string of the molecule is CCC(OC1CCCC1)C(=O)NC(C)C(O)Cc1ccccc1. The van der Waals surface area contributed by atoms with Crippen LogP contribution in [0.5, 0.6) is 0 Å². The van der Waals surface area contributed by atoms with Crippen LogP contribution in [0.3, 0.4) is 0 Å². The summed E-state index contributed by atoms with van der Waals surface area (Å²) in [7, 11) is 0. The third-order valence-corrected chi connectivity index (χ3v) is 4.56. The molecule has 0 heterocycles. The summed E-state index contributed by atoms with van der Waals surface area (Å²) in [5, 5.41) is 13.2. The first-order valence-corrected chi connectivity index (χ1v) is 8.78. The molecule has 4 nitrogen and oxygen atoms in total. The van der Waals surface area contributed by atoms with Gasteiger partial charge in [0.1, 0.15) is 6.10 Å². The number of aliphatic hydroxyl groups excluding tert-OH is 1. The number of carbonyl (C=O) groups excluding carboxylic acids is 1. The summed E-state index contributed by atoms with van der Waals surface area (Å²) in [5.74, 6) is -0.112. The van der Waals surface area contributed by atoms with Gasteiger partial charge in [0, 0.05) is 6.42 Å². The van der Waals surface area contributed by atoms with Gasteiger partial charge in [0.25, 0.3) is 0 Å². The van der Waals surface area contributed by atoms with E-state index < -0.39 is 12.2 Å². The van der Waals surface area contributed by atoms with E-state index in [9.17, 15) is 9.90 Å². The predicted octanol–water partition coefficient (Wildman–Crippen LogP) is 2.83. The highest BCUT2D eigenvalue weighted by Crippen LogP contribution is 2.23. The van der Waals surface area contributed by atoms with Crippen molar-refractivity contribution in [3.63, 3.8) is 0 Å². The zero-order valence-electron chi connectivity index (χ0n) is 14.2. The quantitative estimate of drug-likeness (QED) is 0.774. The molecule has 128 valence electrons. The fraction of sp³-hybridized carbons (Fsp3) is 0.632. The van der Waals surface area contributed by atoms with Crippen molar-refractivity contribution in [3.8, 4) is 0 Å². The van der Waals surface area contributed by atoms with Crippen LogP contribution in [0.4, 0.5) is 0 Å². The summed E-state index contributed by atoms with van der Waals surface area (Å²) >= 11 is 0. The Morgan fingerprint density at radius 3 is 2.57 bits per heavy atom. The number of ether oxygens (including phenoxy) is 1. The zero-order valence-corrected chi connectivity index (χ0v) is 14.2. The highest BCUT2D eigenvalue weighted by molar-refractivity contribution is 5.81. The van der Waals surface area contributed by atoms with Crippen LogP contribution in [0.25, 0.3) is 0 Å². The van der Waals surface area contributed by atoms with E-state index in [0.717, 1.165) is 18.4 Å².